The van der Waals surface area contributed by atoms with Crippen LogP contribution in [0, 0.1) is 0 Å². The van der Waals surface area contributed by atoms with Crippen molar-refractivity contribution in [1.29, 1.82) is 0 Å². The first-order chi connectivity index (χ1) is 11.9. The average molecular weight is 338 g/mol. The zero-order valence-corrected chi connectivity index (χ0v) is 15.4. The van der Waals surface area contributed by atoms with Crippen molar-refractivity contribution >= 4 is 11.6 Å². The Balaban J connectivity index is 1.66. The molecule has 1 aromatic rings. The lowest BCUT2D eigenvalue weighted by Crippen LogP contribution is -2.21. The van der Waals surface area contributed by atoms with E-state index in [1.165, 1.54) is 5.56 Å². The first-order valence-electron chi connectivity index (χ1n) is 9.01. The fourth-order valence-electron chi connectivity index (χ4n) is 3.76. The standard InChI is InChI=1S/C22H26O3/c1-15-12-16(2)19(21(24)13-15)8-9-20(23)17-4-6-18(7-5-17)22(3)10-11-25-14-22/h4-7,12H,8-11,13-14H2,1-3H3. The van der Waals surface area contributed by atoms with Crippen molar-refractivity contribution in [2.24, 2.45) is 0 Å². The van der Waals surface area contributed by atoms with E-state index in [9.17, 15) is 9.59 Å². The number of hydrogen-bond donors (Lipinski definition) is 0. The van der Waals surface area contributed by atoms with Gasteiger partial charge >= 0.3 is 0 Å². The van der Waals surface area contributed by atoms with Crippen LogP contribution in [0.2, 0.25) is 0 Å². The number of Topliss-reactive ketones (excluding diaryl/α,β-unsaturated/α-hetero) is 2. The zero-order valence-electron chi connectivity index (χ0n) is 15.4. The first kappa shape index (κ1) is 17.8. The number of rotatable bonds is 5. The van der Waals surface area contributed by atoms with E-state index in [2.05, 4.69) is 13.0 Å². The Kier molecular flexibility index (Phi) is 5.05. The smallest absolute Gasteiger partial charge is 0.163 e. The summed E-state index contributed by atoms with van der Waals surface area (Å²) < 4.78 is 5.52. The second-order valence-corrected chi connectivity index (χ2v) is 7.62. The number of benzene rings is 1. The largest absolute Gasteiger partial charge is 0.381 e. The Bertz CT molecular complexity index is 744. The average Bonchev–Trinajstić information content (AvgIpc) is 3.02. The van der Waals surface area contributed by atoms with Gasteiger partial charge in [0, 0.05) is 30.4 Å². The van der Waals surface area contributed by atoms with Crippen molar-refractivity contribution in [3.05, 3.63) is 58.2 Å². The molecule has 0 amide bonds. The molecule has 1 aliphatic heterocycles. The van der Waals surface area contributed by atoms with Gasteiger partial charge in [-0.05, 0) is 43.4 Å². The predicted octanol–water partition coefficient (Wildman–Crippen LogP) is 4.56. The van der Waals surface area contributed by atoms with Crippen LogP contribution in [-0.4, -0.2) is 24.8 Å². The number of hydrogen-bond acceptors (Lipinski definition) is 3. The van der Waals surface area contributed by atoms with E-state index in [4.69, 9.17) is 4.74 Å². The summed E-state index contributed by atoms with van der Waals surface area (Å²) in [5.74, 6) is 0.258. The summed E-state index contributed by atoms with van der Waals surface area (Å²) in [4.78, 5) is 24.7. The van der Waals surface area contributed by atoms with E-state index in [0.29, 0.717) is 19.3 Å². The van der Waals surface area contributed by atoms with Crippen LogP contribution in [0.3, 0.4) is 0 Å². The summed E-state index contributed by atoms with van der Waals surface area (Å²) in [5.41, 5.74) is 4.92. The molecule has 1 atom stereocenters. The molecule has 3 rings (SSSR count). The van der Waals surface area contributed by atoms with E-state index >= 15 is 0 Å². The molecule has 0 saturated carbocycles. The quantitative estimate of drug-likeness (QED) is 0.739. The monoisotopic (exact) mass is 338 g/mol. The Morgan fingerprint density at radius 1 is 1.20 bits per heavy atom. The maximum Gasteiger partial charge on any atom is 0.163 e. The van der Waals surface area contributed by atoms with E-state index in [1.807, 2.05) is 38.1 Å². The van der Waals surface area contributed by atoms with Crippen LogP contribution in [0.15, 0.2) is 47.1 Å². The lowest BCUT2D eigenvalue weighted by molar-refractivity contribution is -0.115. The van der Waals surface area contributed by atoms with E-state index in [0.717, 1.165) is 41.9 Å². The highest BCUT2D eigenvalue weighted by Crippen LogP contribution is 2.32. The summed E-state index contributed by atoms with van der Waals surface area (Å²) in [6, 6.07) is 7.92. The van der Waals surface area contributed by atoms with Gasteiger partial charge in [-0.3, -0.25) is 9.59 Å². The third-order valence-electron chi connectivity index (χ3n) is 5.44. The molecule has 132 valence electrons. The molecule has 1 heterocycles. The number of ether oxygens (including phenoxy) is 1. The van der Waals surface area contributed by atoms with Gasteiger partial charge < -0.3 is 4.74 Å². The highest BCUT2D eigenvalue weighted by atomic mass is 16.5. The second-order valence-electron chi connectivity index (χ2n) is 7.62. The van der Waals surface area contributed by atoms with Crippen LogP contribution in [0.5, 0.6) is 0 Å². The highest BCUT2D eigenvalue weighted by Gasteiger charge is 2.31. The first-order valence-corrected chi connectivity index (χ1v) is 9.01. The molecule has 3 nitrogen and oxygen atoms in total. The van der Waals surface area contributed by atoms with Crippen LogP contribution in [0.1, 0.15) is 62.4 Å². The predicted molar refractivity (Wildman–Crippen MR) is 98.9 cm³/mol. The third-order valence-corrected chi connectivity index (χ3v) is 5.44. The highest BCUT2D eigenvalue weighted by molar-refractivity contribution is 6.01. The Morgan fingerprint density at radius 2 is 1.92 bits per heavy atom. The summed E-state index contributed by atoms with van der Waals surface area (Å²) in [6.07, 6.45) is 4.46. The number of carbonyl (C=O) groups is 2. The Hall–Kier alpha value is -2.00. The number of ketones is 2. The molecule has 1 fully saturated rings. The lowest BCUT2D eigenvalue weighted by Gasteiger charge is -2.22. The van der Waals surface area contributed by atoms with E-state index in [1.54, 1.807) is 0 Å². The molecule has 1 aromatic carbocycles. The van der Waals surface area contributed by atoms with Gasteiger partial charge in [0.05, 0.1) is 6.61 Å². The summed E-state index contributed by atoms with van der Waals surface area (Å²) >= 11 is 0. The zero-order chi connectivity index (χ0) is 18.0. The van der Waals surface area contributed by atoms with Gasteiger partial charge in [-0.25, -0.2) is 0 Å². The molecule has 0 bridgehead atoms. The molecule has 0 radical (unpaired) electrons. The van der Waals surface area contributed by atoms with Crippen molar-refractivity contribution < 1.29 is 14.3 Å². The summed E-state index contributed by atoms with van der Waals surface area (Å²) in [5, 5.41) is 0. The van der Waals surface area contributed by atoms with Gasteiger partial charge in [0.1, 0.15) is 0 Å². The topological polar surface area (TPSA) is 43.4 Å². The summed E-state index contributed by atoms with van der Waals surface area (Å²) in [7, 11) is 0. The molecule has 0 N–H and O–H groups in total. The lowest BCUT2D eigenvalue weighted by atomic mass is 9.81. The number of allylic oxidation sites excluding steroid dienone is 4. The number of carbonyl (C=O) groups excluding carboxylic acids is 2. The van der Waals surface area contributed by atoms with Gasteiger partial charge in [-0.15, -0.1) is 0 Å². The molecule has 1 saturated heterocycles. The third kappa shape index (κ3) is 3.82. The van der Waals surface area contributed by atoms with Crippen LogP contribution in [0.25, 0.3) is 0 Å². The van der Waals surface area contributed by atoms with Crippen molar-refractivity contribution in [3.63, 3.8) is 0 Å². The van der Waals surface area contributed by atoms with Crippen molar-refractivity contribution in [2.45, 2.75) is 51.9 Å². The van der Waals surface area contributed by atoms with Crippen LogP contribution in [-0.2, 0) is 14.9 Å². The molecule has 2 aliphatic rings. The van der Waals surface area contributed by atoms with Crippen LogP contribution in [0.4, 0.5) is 0 Å². The normalized spacial score (nSPS) is 23.8. The van der Waals surface area contributed by atoms with E-state index < -0.39 is 0 Å². The molecule has 0 aromatic heterocycles. The van der Waals surface area contributed by atoms with Crippen molar-refractivity contribution in [2.75, 3.05) is 13.2 Å². The van der Waals surface area contributed by atoms with Gasteiger partial charge in [0.2, 0.25) is 0 Å². The molecular weight excluding hydrogens is 312 g/mol. The van der Waals surface area contributed by atoms with Gasteiger partial charge in [0.25, 0.3) is 0 Å². The van der Waals surface area contributed by atoms with Gasteiger partial charge in [0.15, 0.2) is 11.6 Å². The van der Waals surface area contributed by atoms with Crippen LogP contribution >= 0.6 is 0 Å². The van der Waals surface area contributed by atoms with Crippen molar-refractivity contribution in [3.8, 4) is 0 Å². The maximum absolute atomic E-state index is 12.5. The SMILES string of the molecule is CC1=CC(C)=C(CCC(=O)c2ccc(C3(C)CCOC3)cc2)C(=O)C1. The molecule has 3 heteroatoms. The van der Waals surface area contributed by atoms with Crippen LogP contribution < -0.4 is 0 Å². The summed E-state index contributed by atoms with van der Waals surface area (Å²) in [6.45, 7) is 7.67. The molecule has 1 aliphatic carbocycles. The Labute approximate surface area is 149 Å². The minimum absolute atomic E-state index is 0.0578. The molecule has 25 heavy (non-hydrogen) atoms. The molecule has 0 spiro atoms. The minimum Gasteiger partial charge on any atom is -0.381 e. The van der Waals surface area contributed by atoms with Gasteiger partial charge in [-0.1, -0.05) is 42.8 Å². The van der Waals surface area contributed by atoms with E-state index in [-0.39, 0.29) is 17.0 Å². The van der Waals surface area contributed by atoms with Crippen molar-refractivity contribution in [1.82, 2.24) is 0 Å². The molecular formula is C22H26O3. The fraction of sp³-hybridized carbons (Fsp3) is 0.455. The maximum atomic E-state index is 12.5. The molecule has 1 unspecified atom stereocenters. The minimum atomic E-state index is 0.0578. The van der Waals surface area contributed by atoms with Gasteiger partial charge in [-0.2, -0.15) is 0 Å². The second kappa shape index (κ2) is 7.09. The Morgan fingerprint density at radius 3 is 2.52 bits per heavy atom. The fourth-order valence-corrected chi connectivity index (χ4v) is 3.76.